The van der Waals surface area contributed by atoms with E-state index in [1.165, 1.54) is 0 Å². The van der Waals surface area contributed by atoms with Gasteiger partial charge in [0.25, 0.3) is 5.91 Å². The Morgan fingerprint density at radius 1 is 1.00 bits per heavy atom. The van der Waals surface area contributed by atoms with Gasteiger partial charge in [0.15, 0.2) is 11.5 Å². The SMILES string of the molecule is COCCCOc1cc(C(=O)N(C[C@@H]2CN(C(=O)OC(C)(C)C)C[C@H]2CN(C)C(=O)C2CC2)C(C)C)ccc1OC. The largest absolute Gasteiger partial charge is 0.493 e. The first-order chi connectivity index (χ1) is 19.3. The van der Waals surface area contributed by atoms with E-state index in [9.17, 15) is 14.4 Å². The highest BCUT2D eigenvalue weighted by Gasteiger charge is 2.41. The minimum absolute atomic E-state index is 0.0137. The molecule has 10 heteroatoms. The molecular formula is C31H49N3O7. The summed E-state index contributed by atoms with van der Waals surface area (Å²) in [7, 11) is 5.05. The van der Waals surface area contributed by atoms with Gasteiger partial charge in [-0.15, -0.1) is 0 Å². The fourth-order valence-electron chi connectivity index (χ4n) is 5.17. The van der Waals surface area contributed by atoms with Crippen molar-refractivity contribution in [3.05, 3.63) is 23.8 Å². The van der Waals surface area contributed by atoms with Crippen LogP contribution in [-0.2, 0) is 14.3 Å². The van der Waals surface area contributed by atoms with Crippen LogP contribution < -0.4 is 9.47 Å². The predicted molar refractivity (Wildman–Crippen MR) is 156 cm³/mol. The van der Waals surface area contributed by atoms with Gasteiger partial charge in [-0.25, -0.2) is 4.79 Å². The highest BCUT2D eigenvalue weighted by atomic mass is 16.6. The zero-order valence-electron chi connectivity index (χ0n) is 26.1. The van der Waals surface area contributed by atoms with Gasteiger partial charge in [-0.2, -0.15) is 0 Å². The molecule has 230 valence electrons. The molecule has 2 atom stereocenters. The molecule has 3 rings (SSSR count). The minimum Gasteiger partial charge on any atom is -0.493 e. The second-order valence-corrected chi connectivity index (χ2v) is 12.5. The summed E-state index contributed by atoms with van der Waals surface area (Å²) in [6, 6.07) is 5.14. The molecule has 2 fully saturated rings. The van der Waals surface area contributed by atoms with Gasteiger partial charge < -0.3 is 33.6 Å². The van der Waals surface area contributed by atoms with Crippen molar-refractivity contribution >= 4 is 17.9 Å². The summed E-state index contributed by atoms with van der Waals surface area (Å²) in [4.78, 5) is 45.0. The summed E-state index contributed by atoms with van der Waals surface area (Å²) in [5.74, 6) is 1.21. The van der Waals surface area contributed by atoms with Gasteiger partial charge in [0, 0.05) is 82.7 Å². The lowest BCUT2D eigenvalue weighted by Gasteiger charge is -2.32. The summed E-state index contributed by atoms with van der Waals surface area (Å²) >= 11 is 0. The van der Waals surface area contributed by atoms with E-state index in [1.54, 1.807) is 42.2 Å². The number of benzene rings is 1. The molecule has 0 bridgehead atoms. The third-order valence-corrected chi connectivity index (χ3v) is 7.52. The molecule has 1 aliphatic heterocycles. The summed E-state index contributed by atoms with van der Waals surface area (Å²) in [6.45, 7) is 12.4. The van der Waals surface area contributed by atoms with Crippen LogP contribution in [0.25, 0.3) is 0 Å². The van der Waals surface area contributed by atoms with E-state index in [0.29, 0.717) is 62.9 Å². The standard InChI is InChI=1S/C31H49N3O7/c1-21(2)34(29(36)23-12-13-26(39-8)27(16-23)40-15-9-14-38-7)20-25-19-33(30(37)41-31(3,4)5)18-24(25)17-32(6)28(35)22-10-11-22/h12-13,16,21-22,24-25H,9-11,14-15,17-20H2,1-8H3/t24-,25+/m1/s1. The fourth-order valence-corrected chi connectivity index (χ4v) is 5.17. The lowest BCUT2D eigenvalue weighted by Crippen LogP contribution is -2.44. The number of nitrogens with zero attached hydrogens (tertiary/aromatic N) is 3. The lowest BCUT2D eigenvalue weighted by atomic mass is 9.94. The Morgan fingerprint density at radius 3 is 2.22 bits per heavy atom. The molecule has 1 heterocycles. The van der Waals surface area contributed by atoms with Crippen molar-refractivity contribution in [3.8, 4) is 11.5 Å². The van der Waals surface area contributed by atoms with Crippen molar-refractivity contribution in [2.24, 2.45) is 17.8 Å². The maximum absolute atomic E-state index is 13.9. The van der Waals surface area contributed by atoms with Crippen LogP contribution in [0.5, 0.6) is 11.5 Å². The zero-order valence-corrected chi connectivity index (χ0v) is 26.1. The maximum Gasteiger partial charge on any atom is 0.410 e. The number of rotatable bonds is 13. The molecule has 2 aliphatic rings. The predicted octanol–water partition coefficient (Wildman–Crippen LogP) is 4.31. The Bertz CT molecular complexity index is 1050. The Labute approximate surface area is 245 Å². The van der Waals surface area contributed by atoms with Gasteiger partial charge >= 0.3 is 6.09 Å². The van der Waals surface area contributed by atoms with E-state index in [0.717, 1.165) is 12.8 Å². The molecule has 0 aromatic heterocycles. The summed E-state index contributed by atoms with van der Waals surface area (Å²) in [5.41, 5.74) is -0.109. The van der Waals surface area contributed by atoms with Crippen LogP contribution in [0.1, 0.15) is 64.2 Å². The van der Waals surface area contributed by atoms with Gasteiger partial charge in [0.1, 0.15) is 5.60 Å². The van der Waals surface area contributed by atoms with Gasteiger partial charge in [0.05, 0.1) is 13.7 Å². The Balaban J connectivity index is 1.79. The number of carbonyl (C=O) groups excluding carboxylic acids is 3. The first kappa shape index (κ1) is 32.5. The molecule has 1 aliphatic carbocycles. The molecule has 1 saturated carbocycles. The second-order valence-electron chi connectivity index (χ2n) is 12.5. The summed E-state index contributed by atoms with van der Waals surface area (Å²) in [5, 5.41) is 0. The van der Waals surface area contributed by atoms with Gasteiger partial charge in [-0.05, 0) is 65.7 Å². The minimum atomic E-state index is -0.610. The Kier molecular flexibility index (Phi) is 11.3. The molecule has 41 heavy (non-hydrogen) atoms. The second kappa shape index (κ2) is 14.2. The number of ether oxygens (including phenoxy) is 4. The molecule has 1 aromatic rings. The summed E-state index contributed by atoms with van der Waals surface area (Å²) in [6.07, 6.45) is 2.23. The molecule has 0 spiro atoms. The average molecular weight is 576 g/mol. The normalized spacial score (nSPS) is 18.8. The van der Waals surface area contributed by atoms with Crippen LogP contribution in [0.3, 0.4) is 0 Å². The first-order valence-electron chi connectivity index (χ1n) is 14.7. The molecule has 0 unspecified atom stereocenters. The Hall–Kier alpha value is -3.01. The van der Waals surface area contributed by atoms with E-state index in [1.807, 2.05) is 46.6 Å². The monoisotopic (exact) mass is 575 g/mol. The molecule has 1 aromatic carbocycles. The molecule has 0 radical (unpaired) electrons. The van der Waals surface area contributed by atoms with Gasteiger partial charge in [-0.1, -0.05) is 0 Å². The molecule has 1 saturated heterocycles. The summed E-state index contributed by atoms with van der Waals surface area (Å²) < 4.78 is 22.1. The lowest BCUT2D eigenvalue weighted by molar-refractivity contribution is -0.131. The molecule has 3 amide bonds. The number of likely N-dealkylation sites (tertiary alicyclic amines) is 1. The average Bonchev–Trinajstić information content (AvgIpc) is 3.68. The van der Waals surface area contributed by atoms with Crippen LogP contribution in [0.15, 0.2) is 18.2 Å². The zero-order chi connectivity index (χ0) is 30.3. The van der Waals surface area contributed by atoms with Crippen LogP contribution in [-0.4, -0.2) is 105 Å². The van der Waals surface area contributed by atoms with Gasteiger partial charge in [0.2, 0.25) is 5.91 Å². The van der Waals surface area contributed by atoms with Crippen molar-refractivity contribution in [1.82, 2.24) is 14.7 Å². The molecular weight excluding hydrogens is 526 g/mol. The number of hydrogen-bond donors (Lipinski definition) is 0. The van der Waals surface area contributed by atoms with Crippen molar-refractivity contribution in [2.45, 2.75) is 65.5 Å². The third kappa shape index (κ3) is 9.24. The van der Waals surface area contributed by atoms with Crippen molar-refractivity contribution < 1.29 is 33.3 Å². The number of methoxy groups -OCH3 is 2. The molecule has 0 N–H and O–H groups in total. The highest BCUT2D eigenvalue weighted by molar-refractivity contribution is 5.95. The van der Waals surface area contributed by atoms with E-state index < -0.39 is 5.60 Å². The Morgan fingerprint density at radius 2 is 1.66 bits per heavy atom. The number of amides is 3. The number of carbonyl (C=O) groups is 3. The maximum atomic E-state index is 13.9. The fraction of sp³-hybridized carbons (Fsp3) is 0.710. The van der Waals surface area contributed by atoms with E-state index in [-0.39, 0.29) is 41.7 Å². The van der Waals surface area contributed by atoms with Crippen molar-refractivity contribution in [3.63, 3.8) is 0 Å². The van der Waals surface area contributed by atoms with Crippen LogP contribution in [0.2, 0.25) is 0 Å². The van der Waals surface area contributed by atoms with Crippen LogP contribution in [0, 0.1) is 17.8 Å². The van der Waals surface area contributed by atoms with Crippen LogP contribution >= 0.6 is 0 Å². The highest BCUT2D eigenvalue weighted by Crippen LogP contribution is 2.33. The number of hydrogen-bond acceptors (Lipinski definition) is 7. The smallest absolute Gasteiger partial charge is 0.410 e. The van der Waals surface area contributed by atoms with E-state index in [4.69, 9.17) is 18.9 Å². The van der Waals surface area contributed by atoms with Crippen molar-refractivity contribution in [2.75, 3.05) is 60.7 Å². The van der Waals surface area contributed by atoms with Crippen LogP contribution in [0.4, 0.5) is 4.79 Å². The third-order valence-electron chi connectivity index (χ3n) is 7.52. The topological polar surface area (TPSA) is 97.9 Å². The first-order valence-corrected chi connectivity index (χ1v) is 14.7. The van der Waals surface area contributed by atoms with Crippen molar-refractivity contribution in [1.29, 1.82) is 0 Å². The molecule has 10 nitrogen and oxygen atoms in total. The van der Waals surface area contributed by atoms with E-state index >= 15 is 0 Å². The van der Waals surface area contributed by atoms with E-state index in [2.05, 4.69) is 0 Å². The van der Waals surface area contributed by atoms with Gasteiger partial charge in [-0.3, -0.25) is 9.59 Å². The quantitative estimate of drug-likeness (QED) is 0.323.